The van der Waals surface area contributed by atoms with E-state index in [1.54, 1.807) is 0 Å². The van der Waals surface area contributed by atoms with E-state index in [9.17, 15) is 9.59 Å². The summed E-state index contributed by atoms with van der Waals surface area (Å²) in [6, 6.07) is 0. The number of aromatic nitrogens is 1. The lowest BCUT2D eigenvalue weighted by atomic mass is 9.94. The Labute approximate surface area is 124 Å². The maximum atomic E-state index is 12.1. The average molecular weight is 296 g/mol. The molecule has 0 bridgehead atoms. The summed E-state index contributed by atoms with van der Waals surface area (Å²) in [7, 11) is 0. The summed E-state index contributed by atoms with van der Waals surface area (Å²) < 4.78 is 5.12. The Kier molecular flexibility index (Phi) is 5.52. The van der Waals surface area contributed by atoms with Crippen LogP contribution in [-0.4, -0.2) is 27.7 Å². The second-order valence-electron chi connectivity index (χ2n) is 6.17. The number of carbonyl (C=O) groups is 2. The van der Waals surface area contributed by atoms with Gasteiger partial charge in [-0.15, -0.1) is 0 Å². The van der Waals surface area contributed by atoms with Gasteiger partial charge in [-0.25, -0.2) is 0 Å². The monoisotopic (exact) mass is 296 g/mol. The predicted octanol–water partition coefficient (Wildman–Crippen LogP) is 2.54. The molecule has 0 aliphatic carbocycles. The molecule has 1 heterocycles. The molecule has 21 heavy (non-hydrogen) atoms. The summed E-state index contributed by atoms with van der Waals surface area (Å²) in [5, 5.41) is 15.5. The van der Waals surface area contributed by atoms with Crippen molar-refractivity contribution in [2.45, 2.75) is 65.3 Å². The van der Waals surface area contributed by atoms with Crippen LogP contribution in [0.5, 0.6) is 0 Å². The highest BCUT2D eigenvalue weighted by Crippen LogP contribution is 2.26. The van der Waals surface area contributed by atoms with Gasteiger partial charge in [0.05, 0.1) is 5.69 Å². The molecule has 0 fully saturated rings. The van der Waals surface area contributed by atoms with Crippen LogP contribution in [0.25, 0.3) is 0 Å². The van der Waals surface area contributed by atoms with E-state index in [1.807, 2.05) is 34.6 Å². The molecule has 0 aliphatic rings. The van der Waals surface area contributed by atoms with E-state index in [0.29, 0.717) is 12.8 Å². The molecule has 1 aromatic rings. The largest absolute Gasteiger partial charge is 0.481 e. The van der Waals surface area contributed by atoms with E-state index < -0.39 is 11.5 Å². The van der Waals surface area contributed by atoms with Crippen LogP contribution in [0.1, 0.15) is 63.0 Å². The number of rotatable bonds is 7. The first-order valence-corrected chi connectivity index (χ1v) is 7.08. The van der Waals surface area contributed by atoms with Crippen molar-refractivity contribution in [3.05, 3.63) is 17.0 Å². The zero-order valence-corrected chi connectivity index (χ0v) is 13.3. The van der Waals surface area contributed by atoms with Crippen molar-refractivity contribution in [1.29, 1.82) is 0 Å². The number of hydrogen-bond donors (Lipinski definition) is 2. The number of nitrogens with zero attached hydrogens (tertiary/aromatic N) is 1. The fourth-order valence-electron chi connectivity index (χ4n) is 2.48. The first-order chi connectivity index (χ1) is 9.62. The van der Waals surface area contributed by atoms with Gasteiger partial charge >= 0.3 is 5.97 Å². The molecule has 0 spiro atoms. The van der Waals surface area contributed by atoms with Crippen LogP contribution in [0.2, 0.25) is 0 Å². The molecular weight excluding hydrogens is 272 g/mol. The van der Waals surface area contributed by atoms with Crippen LogP contribution in [0.15, 0.2) is 4.52 Å². The van der Waals surface area contributed by atoms with Gasteiger partial charge < -0.3 is 14.9 Å². The molecule has 1 aromatic heterocycles. The number of hydrogen-bond acceptors (Lipinski definition) is 4. The number of nitrogens with one attached hydrogen (secondary N) is 1. The third kappa shape index (κ3) is 5.21. The Morgan fingerprint density at radius 1 is 1.38 bits per heavy atom. The molecule has 0 saturated carbocycles. The minimum Gasteiger partial charge on any atom is -0.481 e. The maximum absolute atomic E-state index is 12.1. The zero-order valence-electron chi connectivity index (χ0n) is 13.3. The minimum atomic E-state index is -0.860. The molecule has 6 nitrogen and oxygen atoms in total. The van der Waals surface area contributed by atoms with E-state index >= 15 is 0 Å². The molecule has 1 amide bonds. The Bertz CT molecular complexity index is 500. The smallest absolute Gasteiger partial charge is 0.303 e. The summed E-state index contributed by atoms with van der Waals surface area (Å²) in [5.74, 6) is -0.219. The maximum Gasteiger partial charge on any atom is 0.303 e. The zero-order chi connectivity index (χ0) is 16.2. The van der Waals surface area contributed by atoms with Crippen molar-refractivity contribution in [2.75, 3.05) is 0 Å². The van der Waals surface area contributed by atoms with Crippen molar-refractivity contribution in [2.24, 2.45) is 0 Å². The lowest BCUT2D eigenvalue weighted by molar-refractivity contribution is -0.137. The van der Waals surface area contributed by atoms with Crippen LogP contribution in [-0.2, 0) is 9.59 Å². The minimum absolute atomic E-state index is 0.00604. The molecule has 1 atom stereocenters. The first kappa shape index (κ1) is 17.2. The van der Waals surface area contributed by atoms with Gasteiger partial charge in [0.1, 0.15) is 5.76 Å². The topological polar surface area (TPSA) is 92.4 Å². The van der Waals surface area contributed by atoms with Gasteiger partial charge in [-0.1, -0.05) is 12.1 Å². The molecule has 1 unspecified atom stereocenters. The summed E-state index contributed by atoms with van der Waals surface area (Å²) in [6.45, 7) is 9.30. The van der Waals surface area contributed by atoms with Crippen molar-refractivity contribution >= 4 is 11.9 Å². The second-order valence-corrected chi connectivity index (χ2v) is 6.17. The Balaban J connectivity index is 2.59. The summed E-state index contributed by atoms with van der Waals surface area (Å²) >= 11 is 0. The van der Waals surface area contributed by atoms with E-state index in [4.69, 9.17) is 9.63 Å². The van der Waals surface area contributed by atoms with Gasteiger partial charge in [0.2, 0.25) is 5.91 Å². The number of carboxylic acids is 1. The van der Waals surface area contributed by atoms with Gasteiger partial charge in [0, 0.05) is 23.9 Å². The van der Waals surface area contributed by atoms with Crippen LogP contribution in [0, 0.1) is 13.8 Å². The summed E-state index contributed by atoms with van der Waals surface area (Å²) in [5.41, 5.74) is 1.24. The quantitative estimate of drug-likeness (QED) is 0.806. The lowest BCUT2D eigenvalue weighted by Gasteiger charge is -2.26. The highest BCUT2D eigenvalue weighted by atomic mass is 16.5. The van der Waals surface area contributed by atoms with Crippen molar-refractivity contribution in [3.8, 4) is 0 Å². The van der Waals surface area contributed by atoms with Gasteiger partial charge in [-0.3, -0.25) is 9.59 Å². The standard InChI is InChI=1S/C15H24N2O4/c1-9(14-10(2)17-21-11(14)3)8-12(18)16-15(4,5)7-6-13(19)20/h9H,6-8H2,1-5H3,(H,16,18)(H,19,20). The SMILES string of the molecule is Cc1noc(C)c1C(C)CC(=O)NC(C)(C)CCC(=O)O. The normalized spacial score (nSPS) is 13.0. The molecule has 0 radical (unpaired) electrons. The molecular formula is C15H24N2O4. The van der Waals surface area contributed by atoms with Gasteiger partial charge in [-0.2, -0.15) is 0 Å². The van der Waals surface area contributed by atoms with Gasteiger partial charge in [0.15, 0.2) is 0 Å². The average Bonchev–Trinajstić information content (AvgIpc) is 2.65. The molecule has 2 N–H and O–H groups in total. The molecule has 0 saturated heterocycles. The van der Waals surface area contributed by atoms with Crippen LogP contribution >= 0.6 is 0 Å². The van der Waals surface area contributed by atoms with Crippen LogP contribution < -0.4 is 5.32 Å². The van der Waals surface area contributed by atoms with E-state index in [2.05, 4.69) is 10.5 Å². The first-order valence-electron chi connectivity index (χ1n) is 7.08. The highest BCUT2D eigenvalue weighted by Gasteiger charge is 2.24. The predicted molar refractivity (Wildman–Crippen MR) is 78.1 cm³/mol. The van der Waals surface area contributed by atoms with Crippen molar-refractivity contribution in [3.63, 3.8) is 0 Å². The van der Waals surface area contributed by atoms with Crippen molar-refractivity contribution < 1.29 is 19.2 Å². The molecule has 118 valence electrons. The third-order valence-electron chi connectivity index (χ3n) is 3.51. The van der Waals surface area contributed by atoms with Crippen LogP contribution in [0.4, 0.5) is 0 Å². The van der Waals surface area contributed by atoms with E-state index in [1.165, 1.54) is 0 Å². The van der Waals surface area contributed by atoms with Gasteiger partial charge in [0.25, 0.3) is 0 Å². The van der Waals surface area contributed by atoms with Gasteiger partial charge in [-0.05, 0) is 40.0 Å². The molecule has 0 aliphatic heterocycles. The van der Waals surface area contributed by atoms with Crippen molar-refractivity contribution in [1.82, 2.24) is 10.5 Å². The fourth-order valence-corrected chi connectivity index (χ4v) is 2.48. The second kappa shape index (κ2) is 6.74. The summed E-state index contributed by atoms with van der Waals surface area (Å²) in [4.78, 5) is 22.7. The number of amides is 1. The fraction of sp³-hybridized carbons (Fsp3) is 0.667. The van der Waals surface area contributed by atoms with Crippen LogP contribution in [0.3, 0.4) is 0 Å². The van der Waals surface area contributed by atoms with E-state index in [0.717, 1.165) is 17.0 Å². The molecule has 0 aromatic carbocycles. The number of aryl methyl sites for hydroxylation is 2. The van der Waals surface area contributed by atoms with E-state index in [-0.39, 0.29) is 18.2 Å². The Hall–Kier alpha value is -1.85. The Morgan fingerprint density at radius 3 is 2.48 bits per heavy atom. The molecule has 1 rings (SSSR count). The number of carboxylic acid groups (broad SMARTS) is 1. The summed E-state index contributed by atoms with van der Waals surface area (Å²) in [6.07, 6.45) is 0.750. The highest BCUT2D eigenvalue weighted by molar-refractivity contribution is 5.77. The third-order valence-corrected chi connectivity index (χ3v) is 3.51. The molecule has 6 heteroatoms. The number of aliphatic carboxylic acids is 1. The lowest BCUT2D eigenvalue weighted by Crippen LogP contribution is -2.44. The Morgan fingerprint density at radius 2 is 2.00 bits per heavy atom. The number of carbonyl (C=O) groups excluding carboxylic acids is 1.